The quantitative estimate of drug-likeness (QED) is 0.454. The summed E-state index contributed by atoms with van der Waals surface area (Å²) in [7, 11) is 0. The summed E-state index contributed by atoms with van der Waals surface area (Å²) in [5, 5.41) is 7.02. The van der Waals surface area contributed by atoms with E-state index in [1.807, 2.05) is 0 Å². The molecule has 27 heavy (non-hydrogen) atoms. The number of nitrogens with one attached hydrogen (secondary N) is 1. The van der Waals surface area contributed by atoms with Crippen molar-refractivity contribution in [3.63, 3.8) is 0 Å². The van der Waals surface area contributed by atoms with E-state index in [0.29, 0.717) is 28.6 Å². The highest BCUT2D eigenvalue weighted by Crippen LogP contribution is 2.23. The van der Waals surface area contributed by atoms with E-state index in [1.165, 1.54) is 13.0 Å². The van der Waals surface area contributed by atoms with Crippen LogP contribution >= 0.6 is 0 Å². The topological polar surface area (TPSA) is 134 Å². The van der Waals surface area contributed by atoms with Crippen LogP contribution in [0.3, 0.4) is 0 Å². The first kappa shape index (κ1) is 19.9. The van der Waals surface area contributed by atoms with E-state index in [4.69, 9.17) is 31.1 Å². The number of carbonyl (C=O) groups excluding carboxylic acids is 1. The maximum Gasteiger partial charge on any atom is 0.302 e. The molecule has 2 rings (SSSR count). The molecule has 142 valence electrons. The van der Waals surface area contributed by atoms with E-state index in [2.05, 4.69) is 4.98 Å². The molecule has 1 atom stereocenters. The summed E-state index contributed by atoms with van der Waals surface area (Å²) in [6.45, 7) is 1.66. The van der Waals surface area contributed by atoms with Crippen LogP contribution in [-0.2, 0) is 9.53 Å². The zero-order valence-electron chi connectivity index (χ0n) is 14.9. The van der Waals surface area contributed by atoms with Gasteiger partial charge in [0.05, 0.1) is 6.04 Å². The Balaban J connectivity index is 1.87. The van der Waals surface area contributed by atoms with Gasteiger partial charge in [0.2, 0.25) is 5.88 Å². The molecule has 1 aromatic heterocycles. The van der Waals surface area contributed by atoms with E-state index < -0.39 is 6.04 Å². The van der Waals surface area contributed by atoms with Gasteiger partial charge in [-0.25, -0.2) is 4.98 Å². The summed E-state index contributed by atoms with van der Waals surface area (Å²) in [5.41, 5.74) is 12.7. The normalized spacial score (nSPS) is 12.1. The van der Waals surface area contributed by atoms with Crippen molar-refractivity contribution < 1.29 is 19.0 Å². The van der Waals surface area contributed by atoms with Crippen molar-refractivity contribution in [2.24, 2.45) is 11.5 Å². The summed E-state index contributed by atoms with van der Waals surface area (Å²) in [6, 6.07) is 10.0. The third kappa shape index (κ3) is 6.79. The van der Waals surface area contributed by atoms with E-state index in [1.54, 1.807) is 42.6 Å². The molecule has 8 heteroatoms. The van der Waals surface area contributed by atoms with Gasteiger partial charge in [0.15, 0.2) is 0 Å². The van der Waals surface area contributed by atoms with Gasteiger partial charge in [-0.3, -0.25) is 4.79 Å². The average Bonchev–Trinajstić information content (AvgIpc) is 2.66. The highest BCUT2D eigenvalue weighted by Gasteiger charge is 2.07. The molecule has 0 amide bonds. The molecule has 1 aromatic carbocycles. The fourth-order valence-corrected chi connectivity index (χ4v) is 2.00. The molecule has 0 radical (unpaired) electrons. The lowest BCUT2D eigenvalue weighted by atomic mass is 10.2. The van der Waals surface area contributed by atoms with E-state index in [0.717, 1.165) is 6.21 Å². The number of allylic oxidation sites excluding steroid dienone is 1. The van der Waals surface area contributed by atoms with Crippen molar-refractivity contribution in [1.82, 2.24) is 4.98 Å². The number of benzene rings is 1. The van der Waals surface area contributed by atoms with Gasteiger partial charge in [-0.2, -0.15) is 0 Å². The molecule has 0 bridgehead atoms. The third-order valence-electron chi connectivity index (χ3n) is 3.34. The molecule has 1 heterocycles. The number of esters is 1. The van der Waals surface area contributed by atoms with Crippen LogP contribution in [-0.4, -0.2) is 36.4 Å². The second-order valence-electron chi connectivity index (χ2n) is 5.62. The average molecular weight is 370 g/mol. The van der Waals surface area contributed by atoms with Gasteiger partial charge in [-0.15, -0.1) is 0 Å². The number of hydrogen-bond acceptors (Lipinski definition) is 8. The van der Waals surface area contributed by atoms with Crippen LogP contribution in [0, 0.1) is 5.41 Å². The van der Waals surface area contributed by atoms with Crippen LogP contribution in [0.1, 0.15) is 12.5 Å². The summed E-state index contributed by atoms with van der Waals surface area (Å²) >= 11 is 0. The SMILES string of the molecule is CC(=O)OC[C@H](N)COc1ccc(Oc2ccc(/C(N)=C/C=N)cn2)cc1. The minimum Gasteiger partial charge on any atom is -0.492 e. The Morgan fingerprint density at radius 2 is 1.89 bits per heavy atom. The molecule has 0 aliphatic carbocycles. The van der Waals surface area contributed by atoms with Gasteiger partial charge >= 0.3 is 5.97 Å². The minimum atomic E-state index is -0.401. The van der Waals surface area contributed by atoms with Gasteiger partial charge in [0, 0.05) is 36.7 Å². The molecule has 0 fully saturated rings. The van der Waals surface area contributed by atoms with Gasteiger partial charge in [0.1, 0.15) is 24.7 Å². The first-order valence-electron chi connectivity index (χ1n) is 8.20. The van der Waals surface area contributed by atoms with Crippen LogP contribution in [0.15, 0.2) is 48.7 Å². The Labute approximate surface area is 157 Å². The number of hydrogen-bond donors (Lipinski definition) is 3. The Bertz CT molecular complexity index is 788. The maximum absolute atomic E-state index is 10.7. The zero-order chi connectivity index (χ0) is 19.6. The van der Waals surface area contributed by atoms with E-state index in [9.17, 15) is 4.79 Å². The van der Waals surface area contributed by atoms with Crippen molar-refractivity contribution in [2.75, 3.05) is 13.2 Å². The first-order valence-corrected chi connectivity index (χ1v) is 8.20. The number of ether oxygens (including phenoxy) is 3. The van der Waals surface area contributed by atoms with Crippen molar-refractivity contribution in [2.45, 2.75) is 13.0 Å². The molecule has 0 saturated heterocycles. The Kier molecular flexibility index (Phi) is 7.33. The van der Waals surface area contributed by atoms with Crippen molar-refractivity contribution in [3.8, 4) is 17.4 Å². The van der Waals surface area contributed by atoms with Crippen molar-refractivity contribution >= 4 is 17.9 Å². The number of nitrogens with zero attached hydrogens (tertiary/aromatic N) is 1. The third-order valence-corrected chi connectivity index (χ3v) is 3.34. The summed E-state index contributed by atoms with van der Waals surface area (Å²) in [5.74, 6) is 1.25. The maximum atomic E-state index is 10.7. The molecule has 0 aliphatic rings. The van der Waals surface area contributed by atoms with Gasteiger partial charge in [-0.1, -0.05) is 0 Å². The molecular weight excluding hydrogens is 348 g/mol. The lowest BCUT2D eigenvalue weighted by Crippen LogP contribution is -2.33. The van der Waals surface area contributed by atoms with Crippen LogP contribution in [0.25, 0.3) is 5.70 Å². The smallest absolute Gasteiger partial charge is 0.302 e. The Morgan fingerprint density at radius 1 is 1.19 bits per heavy atom. The largest absolute Gasteiger partial charge is 0.492 e. The lowest BCUT2D eigenvalue weighted by Gasteiger charge is -2.13. The summed E-state index contributed by atoms with van der Waals surface area (Å²) in [6.07, 6.45) is 4.17. The number of aromatic nitrogens is 1. The molecule has 8 nitrogen and oxygen atoms in total. The van der Waals surface area contributed by atoms with E-state index >= 15 is 0 Å². The molecule has 5 N–H and O–H groups in total. The number of pyridine rings is 1. The highest BCUT2D eigenvalue weighted by molar-refractivity contribution is 5.81. The van der Waals surface area contributed by atoms with Gasteiger partial charge in [-0.05, 0) is 36.4 Å². The van der Waals surface area contributed by atoms with E-state index in [-0.39, 0.29) is 19.2 Å². The lowest BCUT2D eigenvalue weighted by molar-refractivity contribution is -0.141. The fraction of sp³-hybridized carbons (Fsp3) is 0.211. The molecule has 0 unspecified atom stereocenters. The molecular formula is C19H22N4O4. The molecule has 0 saturated carbocycles. The molecule has 0 spiro atoms. The summed E-state index contributed by atoms with van der Waals surface area (Å²) in [4.78, 5) is 14.9. The van der Waals surface area contributed by atoms with Crippen LogP contribution < -0.4 is 20.9 Å². The van der Waals surface area contributed by atoms with Gasteiger partial charge < -0.3 is 31.1 Å². The molecule has 2 aromatic rings. The zero-order valence-corrected chi connectivity index (χ0v) is 14.9. The standard InChI is InChI=1S/C19H22N4O4/c1-13(24)25-11-15(21)12-26-16-3-5-17(6-4-16)27-19-7-2-14(10-23-19)18(22)8-9-20/h2-10,15,20H,11-12,21-22H2,1H3/b18-8-,20-9?/t15-/m0/s1. The number of nitrogens with two attached hydrogens (primary N) is 2. The monoisotopic (exact) mass is 370 g/mol. The van der Waals surface area contributed by atoms with Crippen LogP contribution in [0.5, 0.6) is 17.4 Å². The highest BCUT2D eigenvalue weighted by atomic mass is 16.5. The minimum absolute atomic E-state index is 0.109. The Morgan fingerprint density at radius 3 is 2.48 bits per heavy atom. The number of rotatable bonds is 9. The van der Waals surface area contributed by atoms with Crippen molar-refractivity contribution in [3.05, 3.63) is 54.2 Å². The second kappa shape index (κ2) is 9.93. The van der Waals surface area contributed by atoms with Crippen LogP contribution in [0.2, 0.25) is 0 Å². The summed E-state index contributed by atoms with van der Waals surface area (Å²) < 4.78 is 16.0. The number of carbonyl (C=O) groups is 1. The fourth-order valence-electron chi connectivity index (χ4n) is 2.00. The predicted molar refractivity (Wildman–Crippen MR) is 102 cm³/mol. The first-order chi connectivity index (χ1) is 13.0. The molecule has 0 aliphatic heterocycles. The van der Waals surface area contributed by atoms with Gasteiger partial charge in [0.25, 0.3) is 0 Å². The van der Waals surface area contributed by atoms with Crippen LogP contribution in [0.4, 0.5) is 0 Å². The van der Waals surface area contributed by atoms with Crippen molar-refractivity contribution in [1.29, 1.82) is 5.41 Å². The second-order valence-corrected chi connectivity index (χ2v) is 5.62. The predicted octanol–water partition coefficient (Wildman–Crippen LogP) is 2.09. The Hall–Kier alpha value is -3.39.